The van der Waals surface area contributed by atoms with E-state index in [1.807, 2.05) is 38.1 Å². The van der Waals surface area contributed by atoms with Crippen molar-refractivity contribution in [2.24, 2.45) is 0 Å². The fourth-order valence-electron chi connectivity index (χ4n) is 9.97. The molecule has 412 valence electrons. The Morgan fingerprint density at radius 3 is 0.976 bits per heavy atom. The second-order valence-electron chi connectivity index (χ2n) is 19.4. The molecule has 0 aliphatic rings. The lowest BCUT2D eigenvalue weighted by molar-refractivity contribution is 0.0586. The molecule has 0 aliphatic carbocycles. The van der Waals surface area contributed by atoms with Gasteiger partial charge in [-0.3, -0.25) is 0 Å². The molecule has 82 heavy (non-hydrogen) atoms. The zero-order valence-electron chi connectivity index (χ0n) is 46.2. The Morgan fingerprint density at radius 1 is 0.305 bits per heavy atom. The quantitative estimate of drug-likeness (QED) is 0.0880. The van der Waals surface area contributed by atoms with Crippen LogP contribution in [-0.4, -0.2) is 52.3 Å². The normalized spacial score (nSPS) is 11.2. The number of rotatable bonds is 12. The Morgan fingerprint density at radius 2 is 0.622 bits per heavy atom. The average molecular weight is 1230 g/mol. The van der Waals surface area contributed by atoms with Crippen LogP contribution in [0.5, 0.6) is 0 Å². The van der Waals surface area contributed by atoms with E-state index in [4.69, 9.17) is 18.9 Å². The molecule has 0 aliphatic heterocycles. The minimum absolute atomic E-state index is 0.415. The number of carbonyl (C=O) groups is 4. The predicted molar refractivity (Wildman–Crippen MR) is 348 cm³/mol. The van der Waals surface area contributed by atoms with E-state index in [2.05, 4.69) is 125 Å². The monoisotopic (exact) mass is 1230 g/mol. The number of thiophene rings is 8. The van der Waals surface area contributed by atoms with E-state index in [-0.39, 0.29) is 0 Å². The molecule has 8 nitrogen and oxygen atoms in total. The maximum Gasteiger partial charge on any atom is 0.338 e. The second kappa shape index (κ2) is 23.6. The first-order valence-electron chi connectivity index (χ1n) is 25.8. The highest BCUT2D eigenvalue weighted by atomic mass is 32.1. The summed E-state index contributed by atoms with van der Waals surface area (Å²) in [7, 11) is 5.55. The van der Waals surface area contributed by atoms with Crippen molar-refractivity contribution < 1.29 is 38.1 Å². The predicted octanol–water partition coefficient (Wildman–Crippen LogP) is 20.5. The number of hydrogen-bond donors (Lipinski definition) is 0. The number of hydrogen-bond acceptors (Lipinski definition) is 16. The molecular weight excluding hydrogens is 1180 g/mol. The lowest BCUT2D eigenvalue weighted by Crippen LogP contribution is -2.14. The summed E-state index contributed by atoms with van der Waals surface area (Å²) in [6.07, 6.45) is 0. The largest absolute Gasteiger partial charge is 0.465 e. The summed E-state index contributed by atoms with van der Waals surface area (Å²) in [5.74, 6) is -1.77. The minimum atomic E-state index is -0.449. The summed E-state index contributed by atoms with van der Waals surface area (Å²) in [6, 6.07) is 45.5. The van der Waals surface area contributed by atoms with Crippen molar-refractivity contribution in [3.63, 3.8) is 0 Å². The Hall–Kier alpha value is -7.12. The minimum Gasteiger partial charge on any atom is -0.465 e. The van der Waals surface area contributed by atoms with Gasteiger partial charge in [0.1, 0.15) is 0 Å². The molecule has 0 saturated carbocycles. The Balaban J connectivity index is 0.000000172. The summed E-state index contributed by atoms with van der Waals surface area (Å²) in [4.78, 5) is 65.9. The van der Waals surface area contributed by atoms with Gasteiger partial charge in [-0.05, 0) is 149 Å². The van der Waals surface area contributed by atoms with Gasteiger partial charge >= 0.3 is 23.9 Å². The lowest BCUT2D eigenvalue weighted by Gasteiger charge is -2.21. The Kier molecular flexibility index (Phi) is 16.3. The summed E-state index contributed by atoms with van der Waals surface area (Å²) in [5.41, 5.74) is 10.4. The van der Waals surface area contributed by atoms with Gasteiger partial charge in [0.2, 0.25) is 0 Å². The first-order valence-corrected chi connectivity index (χ1v) is 32.3. The third kappa shape index (κ3) is 11.0. The van der Waals surface area contributed by atoms with Crippen LogP contribution in [0, 0.1) is 41.5 Å². The zero-order chi connectivity index (χ0) is 57.7. The van der Waals surface area contributed by atoms with Gasteiger partial charge in [0, 0.05) is 99.6 Å². The van der Waals surface area contributed by atoms with Crippen LogP contribution in [0.1, 0.15) is 73.4 Å². The van der Waals surface area contributed by atoms with Crippen molar-refractivity contribution in [3.05, 3.63) is 188 Å². The van der Waals surface area contributed by atoms with E-state index in [0.717, 1.165) is 50.1 Å². The first kappa shape index (κ1) is 56.7. The van der Waals surface area contributed by atoms with E-state index in [0.29, 0.717) is 55.6 Å². The molecule has 12 rings (SSSR count). The number of carbonyl (C=O) groups excluding carboxylic acids is 4. The van der Waals surface area contributed by atoms with Crippen LogP contribution in [0.3, 0.4) is 0 Å². The van der Waals surface area contributed by atoms with E-state index >= 15 is 0 Å². The highest BCUT2D eigenvalue weighted by molar-refractivity contribution is 7.32. The third-order valence-electron chi connectivity index (χ3n) is 14.0. The van der Waals surface area contributed by atoms with Gasteiger partial charge < -0.3 is 18.9 Å². The van der Waals surface area contributed by atoms with Crippen LogP contribution in [0.2, 0.25) is 0 Å². The molecule has 0 N–H and O–H groups in total. The molecule has 4 aromatic carbocycles. The van der Waals surface area contributed by atoms with Crippen molar-refractivity contribution in [3.8, 4) is 82.2 Å². The van der Waals surface area contributed by atoms with Gasteiger partial charge in [0.15, 0.2) is 0 Å². The molecule has 0 saturated heterocycles. The molecule has 0 amide bonds. The number of ether oxygens (including phenoxy) is 4. The average Bonchev–Trinajstić information content (AvgIpc) is 3.81. The standard InChI is InChI=1S/C34H30O4S2.C32H22O4S6/c1-19-7-11-23(12-8-19)25-15-17-27(39-25)29-21(3)32(34(36)38-6)30(22(4)31(29)33(35)37-5)28-18-16-26(40-28)24-13-9-20(2)10-14-24;1-15-9-25-29(37-15)13-27(41-25)23-7-5-21(39-23)17-11-20(32(34)36-4)18(12-19(17)31(33)35-3)22-6-8-24(40-22)28-14-30-26(42-28)10-16(2)38-30/h7-18H,1-6H3;5-14H,1-4H3. The molecule has 12 aromatic rings. The Bertz CT molecular complexity index is 4080. The highest BCUT2D eigenvalue weighted by Crippen LogP contribution is 2.49. The molecule has 0 atom stereocenters. The lowest BCUT2D eigenvalue weighted by atomic mass is 9.86. The van der Waals surface area contributed by atoms with Gasteiger partial charge in [-0.15, -0.1) is 90.7 Å². The number of fused-ring (bicyclic) bond motifs is 2. The van der Waals surface area contributed by atoms with Crippen molar-refractivity contribution in [2.75, 3.05) is 28.4 Å². The van der Waals surface area contributed by atoms with Crippen molar-refractivity contribution >= 4 is 133 Å². The van der Waals surface area contributed by atoms with Crippen LogP contribution >= 0.6 is 90.7 Å². The summed E-state index contributed by atoms with van der Waals surface area (Å²) >= 11 is 13.5. The SMILES string of the molecule is COC(=O)c1c(C)c(-c2ccc(-c3ccc(C)cc3)s2)c(C(=O)OC)c(C)c1-c1ccc(-c2ccc(C)cc2)s1.COC(=O)c1cc(-c2ccc(-c3cc4sc(C)cc4s3)s2)c(C(=O)OC)cc1-c1ccc(-c2cc3sc(C)cc3s2)s1. The van der Waals surface area contributed by atoms with E-state index in [9.17, 15) is 19.2 Å². The van der Waals surface area contributed by atoms with Crippen molar-refractivity contribution in [1.82, 2.24) is 0 Å². The second-order valence-corrected chi connectivity index (χ2v) is 28.5. The van der Waals surface area contributed by atoms with Crippen LogP contribution in [0.15, 0.2) is 133 Å². The van der Waals surface area contributed by atoms with Gasteiger partial charge in [-0.25, -0.2) is 19.2 Å². The number of esters is 4. The number of benzene rings is 4. The van der Waals surface area contributed by atoms with Crippen LogP contribution in [-0.2, 0) is 18.9 Å². The first-order chi connectivity index (χ1) is 39.5. The topological polar surface area (TPSA) is 105 Å². The fraction of sp³-hybridized carbons (Fsp3) is 0.152. The smallest absolute Gasteiger partial charge is 0.338 e. The highest BCUT2D eigenvalue weighted by Gasteiger charge is 2.31. The molecule has 0 radical (unpaired) electrons. The molecule has 16 heteroatoms. The molecular formula is C66H52O8S8. The van der Waals surface area contributed by atoms with Crippen LogP contribution in [0.4, 0.5) is 0 Å². The summed E-state index contributed by atoms with van der Waals surface area (Å²) in [5, 5.41) is 0. The van der Waals surface area contributed by atoms with Gasteiger partial charge in [-0.1, -0.05) is 59.7 Å². The molecule has 0 fully saturated rings. The van der Waals surface area contributed by atoms with Crippen molar-refractivity contribution in [2.45, 2.75) is 41.5 Å². The van der Waals surface area contributed by atoms with Gasteiger partial charge in [-0.2, -0.15) is 0 Å². The van der Waals surface area contributed by atoms with Crippen molar-refractivity contribution in [1.29, 1.82) is 0 Å². The third-order valence-corrected chi connectivity index (χ3v) is 23.4. The molecule has 0 spiro atoms. The molecule has 8 heterocycles. The van der Waals surface area contributed by atoms with Crippen LogP contribution < -0.4 is 0 Å². The fourth-order valence-corrected chi connectivity index (χ4v) is 19.1. The maximum absolute atomic E-state index is 13.4. The number of methoxy groups -OCH3 is 4. The van der Waals surface area contributed by atoms with E-state index in [1.54, 1.807) is 103 Å². The van der Waals surface area contributed by atoms with Gasteiger partial charge in [0.05, 0.1) is 50.7 Å². The zero-order valence-corrected chi connectivity index (χ0v) is 52.8. The molecule has 0 bridgehead atoms. The van der Waals surface area contributed by atoms with Gasteiger partial charge in [0.25, 0.3) is 0 Å². The van der Waals surface area contributed by atoms with E-state index in [1.165, 1.54) is 77.9 Å². The summed E-state index contributed by atoms with van der Waals surface area (Å²) < 4.78 is 26.1. The Labute approximate surface area is 507 Å². The maximum atomic E-state index is 13.4. The van der Waals surface area contributed by atoms with Crippen LogP contribution in [0.25, 0.3) is 101 Å². The summed E-state index contributed by atoms with van der Waals surface area (Å²) in [6.45, 7) is 12.1. The number of aryl methyl sites for hydroxylation is 4. The molecule has 8 aromatic heterocycles. The molecule has 0 unspecified atom stereocenters. The van der Waals surface area contributed by atoms with E-state index < -0.39 is 23.9 Å².